The normalized spacial score (nSPS) is 14.2. The van der Waals surface area contributed by atoms with Crippen molar-refractivity contribution in [2.24, 2.45) is 0 Å². The Morgan fingerprint density at radius 2 is 1.72 bits per heavy atom. The van der Waals surface area contributed by atoms with E-state index in [4.69, 9.17) is 0 Å². The van der Waals surface area contributed by atoms with Crippen LogP contribution in [0.25, 0.3) is 5.57 Å². The van der Waals surface area contributed by atoms with Gasteiger partial charge in [-0.3, -0.25) is 0 Å². The van der Waals surface area contributed by atoms with E-state index in [0.717, 1.165) is 0 Å². The molecule has 0 atom stereocenters. The highest BCUT2D eigenvalue weighted by molar-refractivity contribution is 9.10. The molecule has 0 N–H and O–H groups in total. The number of halogens is 1. The summed E-state index contributed by atoms with van der Waals surface area (Å²) >= 11 is 3.72. The number of benzene rings is 1. The molecule has 0 nitrogen and oxygen atoms in total. The Labute approximate surface area is 120 Å². The Kier molecular flexibility index (Phi) is 5.05. The average Bonchev–Trinajstić information content (AvgIpc) is 2.73. The van der Waals surface area contributed by atoms with Gasteiger partial charge in [-0.2, -0.15) is 0 Å². The van der Waals surface area contributed by atoms with Crippen LogP contribution in [-0.4, -0.2) is 0 Å². The SMILES string of the molecule is CCCCC1=C(CCCC)c2c(Br)cccc2[CH]1. The molecule has 0 bridgehead atoms. The second-order valence-corrected chi connectivity index (χ2v) is 5.91. The zero-order chi connectivity index (χ0) is 13.0. The molecule has 97 valence electrons. The summed E-state index contributed by atoms with van der Waals surface area (Å²) in [6.45, 7) is 4.54. The maximum Gasteiger partial charge on any atom is 0.0253 e. The fourth-order valence-electron chi connectivity index (χ4n) is 2.64. The van der Waals surface area contributed by atoms with Crippen molar-refractivity contribution in [1.82, 2.24) is 0 Å². The third kappa shape index (κ3) is 2.88. The van der Waals surface area contributed by atoms with E-state index in [2.05, 4.69) is 54.4 Å². The van der Waals surface area contributed by atoms with Crippen molar-refractivity contribution < 1.29 is 0 Å². The predicted molar refractivity (Wildman–Crippen MR) is 83.5 cm³/mol. The summed E-state index contributed by atoms with van der Waals surface area (Å²) in [6, 6.07) is 6.55. The average molecular weight is 306 g/mol. The van der Waals surface area contributed by atoms with Gasteiger partial charge in [0.1, 0.15) is 0 Å². The van der Waals surface area contributed by atoms with E-state index in [0.29, 0.717) is 0 Å². The van der Waals surface area contributed by atoms with Crippen LogP contribution in [0.4, 0.5) is 0 Å². The highest BCUT2D eigenvalue weighted by atomic mass is 79.9. The molecule has 2 rings (SSSR count). The van der Waals surface area contributed by atoms with Crippen LogP contribution < -0.4 is 0 Å². The summed E-state index contributed by atoms with van der Waals surface area (Å²) in [5, 5.41) is 0. The van der Waals surface area contributed by atoms with E-state index in [9.17, 15) is 0 Å². The van der Waals surface area contributed by atoms with E-state index in [1.807, 2.05) is 0 Å². The van der Waals surface area contributed by atoms with Crippen molar-refractivity contribution in [3.05, 3.63) is 45.8 Å². The predicted octanol–water partition coefficient (Wildman–Crippen LogP) is 6.15. The molecule has 0 spiro atoms. The Morgan fingerprint density at radius 1 is 1.00 bits per heavy atom. The highest BCUT2D eigenvalue weighted by Crippen LogP contribution is 2.42. The van der Waals surface area contributed by atoms with Gasteiger partial charge in [-0.05, 0) is 48.4 Å². The summed E-state index contributed by atoms with van der Waals surface area (Å²) in [4.78, 5) is 0. The number of rotatable bonds is 6. The minimum absolute atomic E-state index is 1.22. The van der Waals surface area contributed by atoms with Crippen molar-refractivity contribution in [2.75, 3.05) is 0 Å². The largest absolute Gasteiger partial charge is 0.0654 e. The molecule has 1 aliphatic rings. The molecule has 1 heteroatoms. The number of unbranched alkanes of at least 4 members (excludes halogenated alkanes) is 2. The van der Waals surface area contributed by atoms with E-state index >= 15 is 0 Å². The molecule has 0 aromatic heterocycles. The quantitative estimate of drug-likeness (QED) is 0.591. The summed E-state index contributed by atoms with van der Waals surface area (Å²) in [6.07, 6.45) is 9.99. The van der Waals surface area contributed by atoms with Crippen molar-refractivity contribution in [2.45, 2.75) is 52.4 Å². The fourth-order valence-corrected chi connectivity index (χ4v) is 3.27. The molecule has 0 amide bonds. The lowest BCUT2D eigenvalue weighted by molar-refractivity contribution is 0.784. The first-order chi connectivity index (χ1) is 8.77. The summed E-state index contributed by atoms with van der Waals surface area (Å²) < 4.78 is 1.26. The molecular formula is C17H22Br. The molecule has 1 radical (unpaired) electrons. The zero-order valence-electron chi connectivity index (χ0n) is 11.4. The van der Waals surface area contributed by atoms with E-state index < -0.39 is 0 Å². The van der Waals surface area contributed by atoms with Crippen LogP contribution in [0.2, 0.25) is 0 Å². The lowest BCUT2D eigenvalue weighted by Gasteiger charge is -2.09. The Morgan fingerprint density at radius 3 is 2.44 bits per heavy atom. The molecule has 0 fully saturated rings. The van der Waals surface area contributed by atoms with E-state index in [1.54, 1.807) is 11.1 Å². The van der Waals surface area contributed by atoms with Gasteiger partial charge in [0, 0.05) is 10.9 Å². The van der Waals surface area contributed by atoms with Crippen molar-refractivity contribution in [1.29, 1.82) is 0 Å². The van der Waals surface area contributed by atoms with Gasteiger partial charge < -0.3 is 0 Å². The smallest absolute Gasteiger partial charge is 0.0253 e. The van der Waals surface area contributed by atoms with E-state index in [1.165, 1.54) is 54.1 Å². The molecule has 0 heterocycles. The van der Waals surface area contributed by atoms with Gasteiger partial charge in [0.15, 0.2) is 0 Å². The first-order valence-electron chi connectivity index (χ1n) is 7.13. The van der Waals surface area contributed by atoms with Gasteiger partial charge in [0.2, 0.25) is 0 Å². The van der Waals surface area contributed by atoms with Gasteiger partial charge >= 0.3 is 0 Å². The van der Waals surface area contributed by atoms with Crippen LogP contribution in [0.3, 0.4) is 0 Å². The molecule has 0 saturated carbocycles. The molecule has 0 unspecified atom stereocenters. The third-order valence-electron chi connectivity index (χ3n) is 3.64. The second-order valence-electron chi connectivity index (χ2n) is 5.06. The summed E-state index contributed by atoms with van der Waals surface area (Å²) in [5.74, 6) is 0. The van der Waals surface area contributed by atoms with Gasteiger partial charge in [0.25, 0.3) is 0 Å². The third-order valence-corrected chi connectivity index (χ3v) is 4.31. The Hall–Kier alpha value is -0.560. The lowest BCUT2D eigenvalue weighted by atomic mass is 9.98. The number of hydrogen-bond acceptors (Lipinski definition) is 0. The number of fused-ring (bicyclic) bond motifs is 1. The van der Waals surface area contributed by atoms with Crippen LogP contribution >= 0.6 is 15.9 Å². The summed E-state index contributed by atoms with van der Waals surface area (Å²) in [7, 11) is 0. The standard InChI is InChI=1S/C17H22Br/c1-3-5-8-13-12-14-9-7-11-16(18)17(14)15(13)10-6-4-2/h7,9,11-12H,3-6,8,10H2,1-2H3. The molecule has 18 heavy (non-hydrogen) atoms. The van der Waals surface area contributed by atoms with Crippen molar-refractivity contribution in [3.8, 4) is 0 Å². The van der Waals surface area contributed by atoms with Crippen LogP contribution in [0.5, 0.6) is 0 Å². The Bertz CT molecular complexity index is 443. The van der Waals surface area contributed by atoms with E-state index in [-0.39, 0.29) is 0 Å². The van der Waals surface area contributed by atoms with Crippen LogP contribution in [0.15, 0.2) is 28.2 Å². The molecule has 1 aromatic carbocycles. The minimum Gasteiger partial charge on any atom is -0.0654 e. The first-order valence-corrected chi connectivity index (χ1v) is 7.92. The van der Waals surface area contributed by atoms with Crippen LogP contribution in [0.1, 0.15) is 63.5 Å². The molecular weight excluding hydrogens is 284 g/mol. The van der Waals surface area contributed by atoms with Crippen molar-refractivity contribution >= 4 is 21.5 Å². The second kappa shape index (κ2) is 6.56. The number of allylic oxidation sites excluding steroid dienone is 2. The van der Waals surface area contributed by atoms with Crippen molar-refractivity contribution in [3.63, 3.8) is 0 Å². The van der Waals surface area contributed by atoms with Gasteiger partial charge in [0.05, 0.1) is 0 Å². The van der Waals surface area contributed by atoms with Gasteiger partial charge in [-0.25, -0.2) is 0 Å². The van der Waals surface area contributed by atoms with Gasteiger partial charge in [-0.1, -0.05) is 60.3 Å². The first kappa shape index (κ1) is 13.9. The lowest BCUT2D eigenvalue weighted by Crippen LogP contribution is -1.88. The topological polar surface area (TPSA) is 0 Å². The highest BCUT2D eigenvalue weighted by Gasteiger charge is 2.22. The fraction of sp³-hybridized carbons (Fsp3) is 0.471. The monoisotopic (exact) mass is 305 g/mol. The summed E-state index contributed by atoms with van der Waals surface area (Å²) in [5.41, 5.74) is 6.03. The molecule has 0 aliphatic heterocycles. The molecule has 1 aromatic rings. The zero-order valence-corrected chi connectivity index (χ0v) is 13.0. The molecule has 0 saturated heterocycles. The maximum absolute atomic E-state index is 3.72. The minimum atomic E-state index is 1.22. The maximum atomic E-state index is 3.72. The Balaban J connectivity index is 2.29. The van der Waals surface area contributed by atoms with Crippen LogP contribution in [0, 0.1) is 6.42 Å². The van der Waals surface area contributed by atoms with Gasteiger partial charge in [-0.15, -0.1) is 0 Å². The molecule has 1 aliphatic carbocycles. The number of hydrogen-bond donors (Lipinski definition) is 0. The van der Waals surface area contributed by atoms with Crippen LogP contribution in [-0.2, 0) is 0 Å².